The van der Waals surface area contributed by atoms with Gasteiger partial charge in [-0.1, -0.05) is 41.9 Å². The van der Waals surface area contributed by atoms with Gasteiger partial charge in [0.05, 0.1) is 29.0 Å². The predicted octanol–water partition coefficient (Wildman–Crippen LogP) is 5.02. The van der Waals surface area contributed by atoms with E-state index in [1.54, 1.807) is 16.2 Å². The number of rotatable bonds is 11. The number of carbonyl (C=O) groups is 1. The van der Waals surface area contributed by atoms with Gasteiger partial charge in [0.1, 0.15) is 5.02 Å². The fourth-order valence-electron chi connectivity index (χ4n) is 4.25. The van der Waals surface area contributed by atoms with E-state index in [0.717, 1.165) is 32.1 Å². The molecule has 202 valence electrons. The van der Waals surface area contributed by atoms with Gasteiger partial charge in [-0.05, 0) is 49.6 Å². The van der Waals surface area contributed by atoms with Crippen LogP contribution in [0, 0.1) is 17.0 Å². The Morgan fingerprint density at radius 2 is 1.92 bits per heavy atom. The van der Waals surface area contributed by atoms with Gasteiger partial charge >= 0.3 is 0 Å². The molecule has 0 aliphatic carbocycles. The molecule has 0 bridgehead atoms. The van der Waals surface area contributed by atoms with Crippen molar-refractivity contribution in [2.24, 2.45) is 0 Å². The summed E-state index contributed by atoms with van der Waals surface area (Å²) in [7, 11) is -4.29. The average molecular weight is 578 g/mol. The Morgan fingerprint density at radius 1 is 1.16 bits per heavy atom. The second-order valence-electron chi connectivity index (χ2n) is 9.05. The van der Waals surface area contributed by atoms with Crippen LogP contribution in [-0.4, -0.2) is 54.3 Å². The van der Waals surface area contributed by atoms with Gasteiger partial charge in [-0.15, -0.1) is 11.3 Å². The first kappa shape index (κ1) is 28.2. The van der Waals surface area contributed by atoms with Crippen molar-refractivity contribution >= 4 is 44.6 Å². The molecule has 4 rings (SSSR count). The first-order valence-electron chi connectivity index (χ1n) is 12.1. The molecule has 38 heavy (non-hydrogen) atoms. The predicted molar refractivity (Wildman–Crippen MR) is 146 cm³/mol. The fraction of sp³-hybridized carbons (Fsp3) is 0.346. The second-order valence-corrected chi connectivity index (χ2v) is 12.8. The van der Waals surface area contributed by atoms with Crippen molar-refractivity contribution in [3.8, 4) is 0 Å². The van der Waals surface area contributed by atoms with E-state index in [9.17, 15) is 23.3 Å². The summed E-state index contributed by atoms with van der Waals surface area (Å²) in [6.45, 7) is 2.65. The molecule has 1 fully saturated rings. The summed E-state index contributed by atoms with van der Waals surface area (Å²) in [6.07, 6.45) is 1.07. The van der Waals surface area contributed by atoms with Gasteiger partial charge in [0.25, 0.3) is 5.69 Å². The Bertz CT molecular complexity index is 1390. The zero-order valence-corrected chi connectivity index (χ0v) is 23.2. The number of nitro groups is 1. The molecule has 1 atom stereocenters. The van der Waals surface area contributed by atoms with E-state index in [4.69, 9.17) is 16.3 Å². The molecule has 1 aliphatic heterocycles. The summed E-state index contributed by atoms with van der Waals surface area (Å²) in [5.41, 5.74) is 0.394. The van der Waals surface area contributed by atoms with Crippen LogP contribution in [0.15, 0.2) is 65.6 Å². The van der Waals surface area contributed by atoms with Gasteiger partial charge in [0, 0.05) is 35.5 Å². The Hall–Kier alpha value is -2.83. The number of hydrogen-bond donors (Lipinski definition) is 0. The zero-order chi connectivity index (χ0) is 27.3. The highest BCUT2D eigenvalue weighted by Gasteiger charge is 2.33. The van der Waals surface area contributed by atoms with E-state index in [1.165, 1.54) is 12.1 Å². The van der Waals surface area contributed by atoms with Gasteiger partial charge in [0.2, 0.25) is 15.9 Å². The van der Waals surface area contributed by atoms with Gasteiger partial charge < -0.3 is 9.64 Å². The third kappa shape index (κ3) is 6.97. The standard InChI is InChI=1S/C26H28ClN3O6S2/c1-19-9-10-22(37-19)17-28(15-20-6-3-2-4-7-20)26(31)18-29(16-21-8-5-13-36-21)38(34,35)23-11-12-24(27)25(14-23)30(32)33/h2-4,6-7,9-12,14,21H,5,8,13,15-18H2,1H3. The third-order valence-electron chi connectivity index (χ3n) is 6.21. The number of thiophene rings is 1. The van der Waals surface area contributed by atoms with E-state index in [-0.39, 0.29) is 28.5 Å². The summed E-state index contributed by atoms with van der Waals surface area (Å²) in [5, 5.41) is 11.2. The van der Waals surface area contributed by atoms with Crippen LogP contribution in [0.2, 0.25) is 5.02 Å². The monoisotopic (exact) mass is 577 g/mol. The molecular weight excluding hydrogens is 550 g/mol. The minimum atomic E-state index is -4.29. The van der Waals surface area contributed by atoms with Crippen LogP contribution in [0.25, 0.3) is 0 Å². The molecule has 1 aliphatic rings. The molecule has 9 nitrogen and oxygen atoms in total. The number of nitrogens with zero attached hydrogens (tertiary/aromatic N) is 3. The SMILES string of the molecule is Cc1ccc(CN(Cc2ccccc2)C(=O)CN(CC2CCCO2)S(=O)(=O)c2ccc(Cl)c([N+](=O)[O-])c2)s1. The summed E-state index contributed by atoms with van der Waals surface area (Å²) in [6, 6.07) is 16.7. The van der Waals surface area contributed by atoms with Crippen LogP contribution in [0.3, 0.4) is 0 Å². The number of nitro benzene ring substituents is 1. The van der Waals surface area contributed by atoms with Crippen molar-refractivity contribution in [1.29, 1.82) is 0 Å². The molecule has 3 aromatic rings. The van der Waals surface area contributed by atoms with Crippen molar-refractivity contribution in [3.05, 3.63) is 91.1 Å². The Kier molecular flexibility index (Phi) is 9.16. The van der Waals surface area contributed by atoms with Crippen molar-refractivity contribution in [2.45, 2.75) is 43.9 Å². The van der Waals surface area contributed by atoms with Gasteiger partial charge in [-0.3, -0.25) is 14.9 Å². The Balaban J connectivity index is 1.64. The number of carbonyl (C=O) groups excluding carboxylic acids is 1. The molecule has 1 aromatic heterocycles. The number of ether oxygens (including phenoxy) is 1. The molecule has 0 spiro atoms. The number of hydrogen-bond acceptors (Lipinski definition) is 7. The smallest absolute Gasteiger partial charge is 0.289 e. The molecular formula is C26H28ClN3O6S2. The second kappa shape index (κ2) is 12.4. The topological polar surface area (TPSA) is 110 Å². The number of halogens is 1. The van der Waals surface area contributed by atoms with E-state index in [2.05, 4.69) is 0 Å². The summed E-state index contributed by atoms with van der Waals surface area (Å²) in [4.78, 5) is 27.8. The molecule has 1 saturated heterocycles. The normalized spacial score (nSPS) is 15.6. The van der Waals surface area contributed by atoms with Crippen LogP contribution < -0.4 is 0 Å². The lowest BCUT2D eigenvalue weighted by Gasteiger charge is -2.28. The van der Waals surface area contributed by atoms with Crippen LogP contribution in [0.5, 0.6) is 0 Å². The minimum absolute atomic E-state index is 0.0399. The van der Waals surface area contributed by atoms with E-state index < -0.39 is 27.2 Å². The largest absolute Gasteiger partial charge is 0.377 e. The molecule has 2 heterocycles. The maximum atomic E-state index is 13.7. The van der Waals surface area contributed by atoms with Crippen LogP contribution >= 0.6 is 22.9 Å². The molecule has 1 unspecified atom stereocenters. The molecule has 0 radical (unpaired) electrons. The highest BCUT2D eigenvalue weighted by atomic mass is 35.5. The third-order valence-corrected chi connectivity index (χ3v) is 9.32. The van der Waals surface area contributed by atoms with Crippen LogP contribution in [0.1, 0.15) is 28.2 Å². The molecule has 2 aromatic carbocycles. The quantitative estimate of drug-likeness (QED) is 0.234. The Morgan fingerprint density at radius 3 is 2.55 bits per heavy atom. The van der Waals surface area contributed by atoms with Crippen LogP contribution in [-0.2, 0) is 32.6 Å². The van der Waals surface area contributed by atoms with Crippen molar-refractivity contribution in [3.63, 3.8) is 0 Å². The highest BCUT2D eigenvalue weighted by molar-refractivity contribution is 7.89. The number of aryl methyl sites for hydroxylation is 1. The van der Waals surface area contributed by atoms with Crippen molar-refractivity contribution < 1.29 is 22.9 Å². The van der Waals surface area contributed by atoms with E-state index in [1.807, 2.05) is 49.4 Å². The van der Waals surface area contributed by atoms with Gasteiger partial charge in [-0.25, -0.2) is 8.42 Å². The number of benzene rings is 2. The first-order chi connectivity index (χ1) is 18.1. The Labute approximate surface area is 230 Å². The first-order valence-corrected chi connectivity index (χ1v) is 14.7. The average Bonchev–Trinajstić information content (AvgIpc) is 3.55. The van der Waals surface area contributed by atoms with E-state index >= 15 is 0 Å². The lowest BCUT2D eigenvalue weighted by molar-refractivity contribution is -0.384. The van der Waals surface area contributed by atoms with Crippen molar-refractivity contribution in [1.82, 2.24) is 9.21 Å². The molecule has 1 amide bonds. The summed E-state index contributed by atoms with van der Waals surface area (Å²) in [5.74, 6) is -0.384. The molecule has 0 saturated carbocycles. The van der Waals surface area contributed by atoms with Crippen molar-refractivity contribution in [2.75, 3.05) is 19.7 Å². The lowest BCUT2D eigenvalue weighted by atomic mass is 10.2. The fourth-order valence-corrected chi connectivity index (χ4v) is 6.78. The molecule has 12 heteroatoms. The van der Waals surface area contributed by atoms with Crippen LogP contribution in [0.4, 0.5) is 5.69 Å². The highest BCUT2D eigenvalue weighted by Crippen LogP contribution is 2.29. The lowest BCUT2D eigenvalue weighted by Crippen LogP contribution is -2.45. The summed E-state index contributed by atoms with van der Waals surface area (Å²) >= 11 is 7.49. The maximum Gasteiger partial charge on any atom is 0.289 e. The maximum absolute atomic E-state index is 13.7. The molecule has 0 N–H and O–H groups in total. The van der Waals surface area contributed by atoms with Gasteiger partial charge in [0.15, 0.2) is 0 Å². The summed E-state index contributed by atoms with van der Waals surface area (Å²) < 4.78 is 34.2. The van der Waals surface area contributed by atoms with Gasteiger partial charge in [-0.2, -0.15) is 4.31 Å². The van der Waals surface area contributed by atoms with E-state index in [0.29, 0.717) is 26.1 Å². The number of amides is 1. The number of sulfonamides is 1. The zero-order valence-electron chi connectivity index (χ0n) is 20.8. The minimum Gasteiger partial charge on any atom is -0.377 e.